The molecule has 4 nitrogen and oxygen atoms in total. The molecule has 2 N–H and O–H groups in total. The Bertz CT molecular complexity index is 559. The Morgan fingerprint density at radius 1 is 1.42 bits per heavy atom. The van der Waals surface area contributed by atoms with Gasteiger partial charge in [-0.2, -0.15) is 0 Å². The van der Waals surface area contributed by atoms with Gasteiger partial charge in [0.25, 0.3) is 0 Å². The molecule has 1 aromatic carbocycles. The minimum Gasteiger partial charge on any atom is -0.495 e. The molecule has 1 saturated heterocycles. The van der Waals surface area contributed by atoms with E-state index in [2.05, 4.69) is 0 Å². The van der Waals surface area contributed by atoms with Gasteiger partial charge in [-0.25, -0.2) is 8.42 Å². The van der Waals surface area contributed by atoms with Crippen LogP contribution in [0.2, 0.25) is 5.02 Å². The van der Waals surface area contributed by atoms with Crippen LogP contribution in [0.25, 0.3) is 0 Å². The lowest BCUT2D eigenvalue weighted by molar-refractivity contribution is 0.414. The van der Waals surface area contributed by atoms with Gasteiger partial charge in [0.1, 0.15) is 5.75 Å². The van der Waals surface area contributed by atoms with Crippen molar-refractivity contribution in [1.82, 2.24) is 0 Å². The Kier molecular flexibility index (Phi) is 4.38. The van der Waals surface area contributed by atoms with E-state index in [0.29, 0.717) is 17.2 Å². The SMILES string of the molecule is COc1ccc(C(N)C2CCCCS2(=O)=O)cc1Cl. The lowest BCUT2D eigenvalue weighted by Crippen LogP contribution is -2.37. The van der Waals surface area contributed by atoms with Crippen molar-refractivity contribution in [2.75, 3.05) is 12.9 Å². The molecule has 1 aromatic rings. The van der Waals surface area contributed by atoms with Gasteiger partial charge in [0, 0.05) is 6.04 Å². The molecule has 2 atom stereocenters. The minimum absolute atomic E-state index is 0.231. The van der Waals surface area contributed by atoms with Crippen LogP contribution < -0.4 is 10.5 Å². The molecule has 1 heterocycles. The standard InChI is InChI=1S/C13H18ClNO3S/c1-18-11-6-5-9(8-10(11)14)13(15)12-4-2-3-7-19(12,16)17/h5-6,8,12-13H,2-4,7,15H2,1H3. The van der Waals surface area contributed by atoms with Crippen LogP contribution in [0.3, 0.4) is 0 Å². The molecule has 0 aromatic heterocycles. The number of nitrogens with two attached hydrogens (primary N) is 1. The quantitative estimate of drug-likeness (QED) is 0.930. The van der Waals surface area contributed by atoms with Gasteiger partial charge in [0.2, 0.25) is 0 Å². The molecule has 6 heteroatoms. The summed E-state index contributed by atoms with van der Waals surface area (Å²) in [4.78, 5) is 0. The van der Waals surface area contributed by atoms with Crippen LogP contribution in [0.5, 0.6) is 5.75 Å². The molecule has 106 valence electrons. The van der Waals surface area contributed by atoms with Crippen molar-refractivity contribution in [2.45, 2.75) is 30.6 Å². The number of ether oxygens (including phenoxy) is 1. The molecule has 0 spiro atoms. The normalized spacial score (nSPS) is 23.8. The summed E-state index contributed by atoms with van der Waals surface area (Å²) in [5, 5.41) is -0.0608. The molecule has 19 heavy (non-hydrogen) atoms. The Labute approximate surface area is 118 Å². The van der Waals surface area contributed by atoms with Gasteiger partial charge in [-0.05, 0) is 30.5 Å². The van der Waals surface area contributed by atoms with Gasteiger partial charge in [-0.1, -0.05) is 24.1 Å². The lowest BCUT2D eigenvalue weighted by atomic mass is 10.0. The van der Waals surface area contributed by atoms with Crippen LogP contribution >= 0.6 is 11.6 Å². The lowest BCUT2D eigenvalue weighted by Gasteiger charge is -2.28. The molecule has 1 aliphatic rings. The van der Waals surface area contributed by atoms with E-state index < -0.39 is 21.1 Å². The highest BCUT2D eigenvalue weighted by Gasteiger charge is 2.34. The summed E-state index contributed by atoms with van der Waals surface area (Å²) in [6.45, 7) is 0. The van der Waals surface area contributed by atoms with Gasteiger partial charge in [-0.15, -0.1) is 0 Å². The molecule has 0 radical (unpaired) electrons. The predicted molar refractivity (Wildman–Crippen MR) is 76.4 cm³/mol. The Hall–Kier alpha value is -0.780. The third-order valence-electron chi connectivity index (χ3n) is 3.59. The molecule has 0 aliphatic carbocycles. The van der Waals surface area contributed by atoms with Crippen LogP contribution in [-0.2, 0) is 9.84 Å². The second-order valence-corrected chi connectivity index (χ2v) is 7.57. The molecule has 2 unspecified atom stereocenters. The van der Waals surface area contributed by atoms with Gasteiger partial charge in [0.15, 0.2) is 9.84 Å². The van der Waals surface area contributed by atoms with Crippen molar-refractivity contribution < 1.29 is 13.2 Å². The minimum atomic E-state index is -3.10. The summed E-state index contributed by atoms with van der Waals surface area (Å²) in [5.41, 5.74) is 6.86. The summed E-state index contributed by atoms with van der Waals surface area (Å²) in [6, 6.07) is 4.65. The first-order valence-electron chi connectivity index (χ1n) is 6.26. The van der Waals surface area contributed by atoms with Gasteiger partial charge in [0.05, 0.1) is 23.1 Å². The predicted octanol–water partition coefficient (Wildman–Crippen LogP) is 2.32. The van der Waals surface area contributed by atoms with E-state index in [1.807, 2.05) is 0 Å². The molecule has 0 bridgehead atoms. The summed E-state index contributed by atoms with van der Waals surface area (Å²) >= 11 is 6.05. The van der Waals surface area contributed by atoms with Gasteiger partial charge in [-0.3, -0.25) is 0 Å². The third-order valence-corrected chi connectivity index (χ3v) is 6.19. The number of methoxy groups -OCH3 is 1. The molecular weight excluding hydrogens is 286 g/mol. The van der Waals surface area contributed by atoms with E-state index in [1.165, 1.54) is 7.11 Å². The largest absolute Gasteiger partial charge is 0.495 e. The second-order valence-electron chi connectivity index (χ2n) is 4.82. The number of benzene rings is 1. The van der Waals surface area contributed by atoms with Crippen molar-refractivity contribution in [1.29, 1.82) is 0 Å². The average Bonchev–Trinajstić information content (AvgIpc) is 2.37. The van der Waals surface area contributed by atoms with E-state index in [0.717, 1.165) is 18.4 Å². The molecule has 0 amide bonds. The maximum atomic E-state index is 12.1. The third kappa shape index (κ3) is 3.04. The number of halogens is 1. The van der Waals surface area contributed by atoms with E-state index >= 15 is 0 Å². The van der Waals surface area contributed by atoms with Crippen LogP contribution in [0.15, 0.2) is 18.2 Å². The summed E-state index contributed by atoms with van der Waals surface area (Å²) in [5.74, 6) is 0.791. The zero-order chi connectivity index (χ0) is 14.0. The van der Waals surface area contributed by atoms with E-state index in [1.54, 1.807) is 18.2 Å². The van der Waals surface area contributed by atoms with Crippen molar-refractivity contribution >= 4 is 21.4 Å². The number of sulfone groups is 1. The van der Waals surface area contributed by atoms with Crippen LogP contribution in [0.4, 0.5) is 0 Å². The van der Waals surface area contributed by atoms with E-state index in [9.17, 15) is 8.42 Å². The molecule has 1 aliphatic heterocycles. The highest BCUT2D eigenvalue weighted by Crippen LogP contribution is 2.32. The van der Waals surface area contributed by atoms with Crippen molar-refractivity contribution in [3.8, 4) is 5.75 Å². The second kappa shape index (κ2) is 5.69. The average molecular weight is 304 g/mol. The van der Waals surface area contributed by atoms with Gasteiger partial charge >= 0.3 is 0 Å². The zero-order valence-electron chi connectivity index (χ0n) is 10.8. The van der Waals surface area contributed by atoms with Crippen molar-refractivity contribution in [3.05, 3.63) is 28.8 Å². The fourth-order valence-electron chi connectivity index (χ4n) is 2.49. The van der Waals surface area contributed by atoms with Crippen LogP contribution in [-0.4, -0.2) is 26.5 Å². The van der Waals surface area contributed by atoms with Crippen molar-refractivity contribution in [2.24, 2.45) is 5.73 Å². The number of rotatable bonds is 3. The van der Waals surface area contributed by atoms with Crippen LogP contribution in [0, 0.1) is 0 Å². The number of hydrogen-bond acceptors (Lipinski definition) is 4. The summed E-state index contributed by atoms with van der Waals surface area (Å²) in [7, 11) is -1.56. The molecule has 1 fully saturated rings. The summed E-state index contributed by atoms with van der Waals surface area (Å²) in [6.07, 6.45) is 2.25. The first-order chi connectivity index (χ1) is 8.95. The Morgan fingerprint density at radius 3 is 2.74 bits per heavy atom. The Morgan fingerprint density at radius 2 is 2.16 bits per heavy atom. The highest BCUT2D eigenvalue weighted by atomic mass is 35.5. The Balaban J connectivity index is 2.28. The first kappa shape index (κ1) is 14.6. The van der Waals surface area contributed by atoms with Gasteiger partial charge < -0.3 is 10.5 Å². The maximum Gasteiger partial charge on any atom is 0.155 e. The molecule has 0 saturated carbocycles. The fraction of sp³-hybridized carbons (Fsp3) is 0.538. The monoisotopic (exact) mass is 303 g/mol. The van der Waals surface area contributed by atoms with Crippen molar-refractivity contribution in [3.63, 3.8) is 0 Å². The molecule has 2 rings (SSSR count). The van der Waals surface area contributed by atoms with Crippen LogP contribution in [0.1, 0.15) is 30.9 Å². The maximum absolute atomic E-state index is 12.1. The highest BCUT2D eigenvalue weighted by molar-refractivity contribution is 7.92. The first-order valence-corrected chi connectivity index (χ1v) is 8.35. The van der Waals surface area contributed by atoms with E-state index in [-0.39, 0.29) is 5.75 Å². The summed E-state index contributed by atoms with van der Waals surface area (Å²) < 4.78 is 29.2. The fourth-order valence-corrected chi connectivity index (χ4v) is 4.79. The topological polar surface area (TPSA) is 69.4 Å². The smallest absolute Gasteiger partial charge is 0.155 e. The zero-order valence-corrected chi connectivity index (χ0v) is 12.4. The molecular formula is C13H18ClNO3S. The number of hydrogen-bond donors (Lipinski definition) is 1. The van der Waals surface area contributed by atoms with E-state index in [4.69, 9.17) is 22.1 Å².